The van der Waals surface area contributed by atoms with E-state index >= 15 is 0 Å². The van der Waals surface area contributed by atoms with Crippen molar-refractivity contribution in [3.05, 3.63) is 39.9 Å². The van der Waals surface area contributed by atoms with Crippen LogP contribution in [0.15, 0.2) is 24.3 Å². The quantitative estimate of drug-likeness (QED) is 0.0155. The molecule has 4 rings (SSSR count). The standard InChI is InChI=1S/C62H105N7O25S4/c1-58(2,3)90-53(77)63-30-41-40(71)29-38(67-56(80)93-61(10,11)12)51(86-41)88-49-36(65-54(78)91-59(4,5)6)28-37(66-55(79)92-60(7,8)9)50(48(49)76)89-52-47(75)44(68-57(81)94-62(13,14)15)46(74)42(87-52)32-95-24-20-84-22-26-97-98-27-23-85-21-25-96-33-43(72)64-39(31-70)45(73)34-16-18-35(19-17-34)69(82)83/h16-19,36-42,44-52,70-71,73-76H,20-33H2,1-15H3,(H,63,77)(H,64,72)(H,65,78)(H,66,79)(H,67,80)(H,68,81)/t36-,37+,38+,39+,40-,41+,42+,44-,45+,46+,47+,48-,49+,50-,51+,52-/m0/s1. The first-order valence-corrected chi connectivity index (χ1v) is 37.0. The summed E-state index contributed by atoms with van der Waals surface area (Å²) >= 11 is 2.63. The molecule has 2 saturated heterocycles. The zero-order valence-electron chi connectivity index (χ0n) is 58.5. The highest BCUT2D eigenvalue weighted by atomic mass is 33.1. The Kier molecular flexibility index (Phi) is 34.7. The molecule has 3 fully saturated rings. The van der Waals surface area contributed by atoms with E-state index in [2.05, 4.69) is 31.9 Å². The van der Waals surface area contributed by atoms with E-state index in [0.29, 0.717) is 48.4 Å². The summed E-state index contributed by atoms with van der Waals surface area (Å²) in [5, 5.41) is 95.5. The fraction of sp³-hybridized carbons (Fsp3) is 0.806. The number of thioether (sulfide) groups is 2. The zero-order chi connectivity index (χ0) is 73.5. The van der Waals surface area contributed by atoms with Crippen LogP contribution in [0.4, 0.5) is 29.7 Å². The molecule has 36 heteroatoms. The van der Waals surface area contributed by atoms with Crippen molar-refractivity contribution in [2.75, 3.05) is 74.1 Å². The number of aliphatic hydroxyl groups excluding tert-OH is 6. The predicted octanol–water partition coefficient (Wildman–Crippen LogP) is 4.54. The summed E-state index contributed by atoms with van der Waals surface area (Å²) in [5.74, 6) is 1.92. The van der Waals surface area contributed by atoms with Crippen molar-refractivity contribution in [1.82, 2.24) is 31.9 Å². The number of amides is 6. The first kappa shape index (κ1) is 85.8. The maximum absolute atomic E-state index is 13.8. The molecule has 1 aromatic carbocycles. The number of nitrogens with one attached hydrogen (secondary N) is 6. The number of nitro groups is 1. The van der Waals surface area contributed by atoms with Crippen molar-refractivity contribution < 1.29 is 116 Å². The summed E-state index contributed by atoms with van der Waals surface area (Å²) in [6.45, 7) is 25.1. The second kappa shape index (κ2) is 39.7. The summed E-state index contributed by atoms with van der Waals surface area (Å²) in [7, 11) is 3.17. The molecule has 98 heavy (non-hydrogen) atoms. The molecule has 0 spiro atoms. The number of alkyl carbamates (subject to hydrolysis) is 5. The van der Waals surface area contributed by atoms with Crippen molar-refractivity contribution in [3.63, 3.8) is 0 Å². The van der Waals surface area contributed by atoms with E-state index in [1.165, 1.54) is 47.8 Å². The fourth-order valence-electron chi connectivity index (χ4n) is 9.75. The van der Waals surface area contributed by atoms with Crippen LogP contribution in [-0.2, 0) is 56.9 Å². The van der Waals surface area contributed by atoms with Crippen LogP contribution in [0.3, 0.4) is 0 Å². The number of rotatable bonds is 32. The van der Waals surface area contributed by atoms with Gasteiger partial charge in [-0.05, 0) is 128 Å². The molecule has 2 aliphatic heterocycles. The highest BCUT2D eigenvalue weighted by Crippen LogP contribution is 2.35. The molecule has 1 aromatic rings. The minimum atomic E-state index is -1.98. The van der Waals surface area contributed by atoms with E-state index in [0.717, 1.165) is 0 Å². The number of benzene rings is 1. The van der Waals surface area contributed by atoms with Crippen LogP contribution in [0.25, 0.3) is 0 Å². The number of carbonyl (C=O) groups is 6. The molecule has 1 aliphatic carbocycles. The van der Waals surface area contributed by atoms with Gasteiger partial charge in [0, 0.05) is 53.9 Å². The Balaban J connectivity index is 1.46. The third-order valence-corrected chi connectivity index (χ3v) is 18.1. The largest absolute Gasteiger partial charge is 0.444 e. The minimum absolute atomic E-state index is 0.0433. The van der Waals surface area contributed by atoms with Gasteiger partial charge in [-0.2, -0.15) is 11.8 Å². The Morgan fingerprint density at radius 2 is 1.01 bits per heavy atom. The van der Waals surface area contributed by atoms with Crippen LogP contribution < -0.4 is 31.9 Å². The third kappa shape index (κ3) is 32.1. The second-order valence-electron chi connectivity index (χ2n) is 28.3. The molecule has 3 aliphatic rings. The van der Waals surface area contributed by atoms with Gasteiger partial charge in [0.25, 0.3) is 5.69 Å². The van der Waals surface area contributed by atoms with Gasteiger partial charge >= 0.3 is 30.5 Å². The number of hydrogen-bond acceptors (Lipinski definition) is 29. The van der Waals surface area contributed by atoms with Crippen molar-refractivity contribution in [2.24, 2.45) is 0 Å². The van der Waals surface area contributed by atoms with Gasteiger partial charge in [-0.25, -0.2) is 24.0 Å². The van der Waals surface area contributed by atoms with Gasteiger partial charge in [-0.15, -0.1) is 11.8 Å². The lowest BCUT2D eigenvalue weighted by atomic mass is 9.83. The molecule has 562 valence electrons. The van der Waals surface area contributed by atoms with Gasteiger partial charge in [0.2, 0.25) is 5.91 Å². The summed E-state index contributed by atoms with van der Waals surface area (Å²) in [6, 6.07) is -1.27. The molecule has 32 nitrogen and oxygen atoms in total. The van der Waals surface area contributed by atoms with Crippen LogP contribution in [0.5, 0.6) is 0 Å². The normalized spacial score (nSPS) is 26.1. The van der Waals surface area contributed by atoms with Gasteiger partial charge in [0.15, 0.2) is 12.6 Å². The maximum atomic E-state index is 13.8. The van der Waals surface area contributed by atoms with E-state index in [-0.39, 0.29) is 43.2 Å². The summed E-state index contributed by atoms with van der Waals surface area (Å²) in [5.41, 5.74) is -4.83. The Labute approximate surface area is 589 Å². The van der Waals surface area contributed by atoms with Crippen molar-refractivity contribution in [1.29, 1.82) is 0 Å². The number of hydrogen-bond donors (Lipinski definition) is 12. The molecule has 0 aromatic heterocycles. The van der Waals surface area contributed by atoms with Gasteiger partial charge < -0.3 is 115 Å². The highest BCUT2D eigenvalue weighted by molar-refractivity contribution is 8.76. The highest BCUT2D eigenvalue weighted by Gasteiger charge is 2.54. The van der Waals surface area contributed by atoms with Crippen molar-refractivity contribution >= 4 is 87.2 Å². The number of nitrogens with zero attached hydrogens (tertiary/aromatic N) is 1. The number of ether oxygens (including phenoxy) is 11. The number of carbonyl (C=O) groups excluding carboxylic acids is 6. The first-order valence-electron chi connectivity index (χ1n) is 32.2. The average Bonchev–Trinajstić information content (AvgIpc) is 0.774. The Morgan fingerprint density at radius 3 is 1.49 bits per heavy atom. The Bertz CT molecular complexity index is 2670. The second-order valence-corrected chi connectivity index (χ2v) is 33.2. The molecule has 6 amide bonds. The molecule has 1 saturated carbocycles. The number of nitro benzene ring substituents is 1. The average molecular weight is 1480 g/mol. The van der Waals surface area contributed by atoms with Gasteiger partial charge in [0.1, 0.15) is 70.7 Å². The molecule has 16 atom stereocenters. The Hall–Kier alpha value is -4.64. The first-order chi connectivity index (χ1) is 45.5. The van der Waals surface area contributed by atoms with Gasteiger partial charge in [-0.1, -0.05) is 21.6 Å². The zero-order valence-corrected chi connectivity index (χ0v) is 61.7. The van der Waals surface area contributed by atoms with E-state index in [4.69, 9.17) is 52.1 Å². The van der Waals surface area contributed by atoms with E-state index in [1.54, 1.807) is 125 Å². The van der Waals surface area contributed by atoms with Crippen molar-refractivity contribution in [3.8, 4) is 0 Å². The summed E-state index contributed by atoms with van der Waals surface area (Å²) in [6.07, 6.45) is -22.6. The number of aliphatic hydroxyl groups is 6. The minimum Gasteiger partial charge on any atom is -0.444 e. The van der Waals surface area contributed by atoms with Crippen molar-refractivity contribution in [2.45, 2.75) is 242 Å². The van der Waals surface area contributed by atoms with Gasteiger partial charge in [-0.3, -0.25) is 14.9 Å². The summed E-state index contributed by atoms with van der Waals surface area (Å²) < 4.78 is 65.1. The number of non-ortho nitro benzene ring substituents is 1. The third-order valence-electron chi connectivity index (χ3n) is 13.8. The molecule has 0 bridgehead atoms. The van der Waals surface area contributed by atoms with Crippen LogP contribution >= 0.6 is 45.1 Å². The lowest BCUT2D eigenvalue weighted by Gasteiger charge is -2.49. The molecule has 12 N–H and O–H groups in total. The van der Waals surface area contributed by atoms with E-state index < -0.39 is 174 Å². The SMILES string of the molecule is CC(C)(C)OC(=O)NC[C@H]1O[C@H](O[C@H]2[C@H](O)[C@@H](O[C@@H]3O[C@H](CSCCOCCSSCCOCCSCC(=O)N[C@H](CO)[C@H](O)c4ccc([N+](=O)[O-])cc4)[C@@H](O)[C@H](NC(=O)OC(C)(C)C)[C@H]3O)[C@H](NC(=O)OC(C)(C)C)C[C@@H]2NC(=O)OC(C)(C)C)[C@H](NC(=O)OC(C)(C)C)C[C@@H]1O. The smallest absolute Gasteiger partial charge is 0.408 e. The molecular weight excluding hydrogens is 1370 g/mol. The van der Waals surface area contributed by atoms with Crippen LogP contribution in [-0.4, -0.2) is 266 Å². The Morgan fingerprint density at radius 1 is 0.571 bits per heavy atom. The van der Waals surface area contributed by atoms with Crippen LogP contribution in [0.2, 0.25) is 0 Å². The van der Waals surface area contributed by atoms with Crippen LogP contribution in [0, 0.1) is 10.1 Å². The van der Waals surface area contributed by atoms with E-state index in [1.807, 2.05) is 0 Å². The molecule has 0 radical (unpaired) electrons. The van der Waals surface area contributed by atoms with E-state index in [9.17, 15) is 69.5 Å². The topological polar surface area (TPSA) is 441 Å². The fourth-order valence-corrected chi connectivity index (χ4v) is 13.0. The van der Waals surface area contributed by atoms with Gasteiger partial charge in [0.05, 0.1) is 86.1 Å². The monoisotopic (exact) mass is 1480 g/mol. The molecular formula is C62H105N7O25S4. The lowest BCUT2D eigenvalue weighted by molar-refractivity contribution is -0.384. The van der Waals surface area contributed by atoms with Crippen LogP contribution in [0.1, 0.15) is 128 Å². The predicted molar refractivity (Wildman–Crippen MR) is 365 cm³/mol. The molecule has 2 heterocycles. The maximum Gasteiger partial charge on any atom is 0.408 e. The molecule has 0 unspecified atom stereocenters. The summed E-state index contributed by atoms with van der Waals surface area (Å²) in [4.78, 5) is 90.1. The lowest BCUT2D eigenvalue weighted by Crippen LogP contribution is -2.70.